The van der Waals surface area contributed by atoms with Crippen LogP contribution < -0.4 is 0 Å². The van der Waals surface area contributed by atoms with Crippen molar-refractivity contribution in [1.29, 1.82) is 0 Å². The molecule has 27 heavy (non-hydrogen) atoms. The minimum absolute atomic E-state index is 0.0243. The molecule has 2 aromatic rings. The fourth-order valence-corrected chi connectivity index (χ4v) is 2.94. The van der Waals surface area contributed by atoms with E-state index in [-0.39, 0.29) is 19.7 Å². The van der Waals surface area contributed by atoms with E-state index in [1.807, 2.05) is 69.3 Å². The molecule has 5 heteroatoms. The van der Waals surface area contributed by atoms with Crippen LogP contribution in [0.5, 0.6) is 0 Å². The number of benzene rings is 2. The van der Waals surface area contributed by atoms with Gasteiger partial charge in [0.25, 0.3) is 0 Å². The Hall–Kier alpha value is -1.37. The zero-order valence-corrected chi connectivity index (χ0v) is 17.7. The highest BCUT2D eigenvalue weighted by molar-refractivity contribution is 7.99. The molecule has 0 aliphatic rings. The minimum atomic E-state index is -0.215. The van der Waals surface area contributed by atoms with Crippen molar-refractivity contribution in [3.05, 3.63) is 71.8 Å². The summed E-state index contributed by atoms with van der Waals surface area (Å²) < 4.78 is 9.98. The van der Waals surface area contributed by atoms with Gasteiger partial charge in [0.15, 0.2) is 0 Å². The zero-order valence-electron chi connectivity index (χ0n) is 16.9. The maximum atomic E-state index is 8.61. The predicted octanol–water partition coefficient (Wildman–Crippen LogP) is 5.54. The van der Waals surface area contributed by atoms with Gasteiger partial charge in [0.05, 0.1) is 12.0 Å². The molecule has 0 aromatic heterocycles. The lowest BCUT2D eigenvalue weighted by Crippen LogP contribution is -2.03. The van der Waals surface area contributed by atoms with E-state index in [0.717, 1.165) is 12.0 Å². The van der Waals surface area contributed by atoms with Crippen molar-refractivity contribution in [3.63, 3.8) is 0 Å². The number of hydrogen-bond acceptors (Lipinski definition) is 5. The van der Waals surface area contributed by atoms with Crippen molar-refractivity contribution in [2.24, 2.45) is 0 Å². The molecule has 0 amide bonds. The average molecular weight is 395 g/mol. The van der Waals surface area contributed by atoms with Crippen LogP contribution in [-0.2, 0) is 9.47 Å². The first kappa shape index (κ1) is 25.6. The summed E-state index contributed by atoms with van der Waals surface area (Å²) in [5, 5.41) is 17.4. The van der Waals surface area contributed by atoms with Gasteiger partial charge in [0.2, 0.25) is 0 Å². The first-order chi connectivity index (χ1) is 13.2. The van der Waals surface area contributed by atoms with Gasteiger partial charge in [-0.15, -0.1) is 11.8 Å². The van der Waals surface area contributed by atoms with Crippen LogP contribution in [0.15, 0.2) is 60.7 Å². The number of rotatable bonds is 9. The maximum Gasteiger partial charge on any atom is 0.144 e. The number of aliphatic hydroxyl groups is 2. The van der Waals surface area contributed by atoms with E-state index in [1.54, 1.807) is 11.8 Å². The van der Waals surface area contributed by atoms with E-state index in [1.165, 1.54) is 5.56 Å². The molecule has 2 atom stereocenters. The Morgan fingerprint density at radius 1 is 0.852 bits per heavy atom. The van der Waals surface area contributed by atoms with Crippen molar-refractivity contribution < 1.29 is 19.7 Å². The molecule has 0 heterocycles. The Morgan fingerprint density at radius 2 is 1.37 bits per heavy atom. The molecular weight excluding hydrogens is 360 g/mol. The summed E-state index contributed by atoms with van der Waals surface area (Å²) in [4.78, 5) is 0. The number of thioether (sulfide) groups is 1. The number of aliphatic hydroxyl groups excluding tert-OH is 2. The van der Waals surface area contributed by atoms with Gasteiger partial charge in [0.1, 0.15) is 13.6 Å². The normalized spacial score (nSPS) is 12.1. The lowest BCUT2D eigenvalue weighted by Gasteiger charge is -2.13. The Morgan fingerprint density at radius 3 is 1.81 bits per heavy atom. The molecule has 0 aliphatic carbocycles. The van der Waals surface area contributed by atoms with Crippen LogP contribution in [0.2, 0.25) is 0 Å². The third-order valence-electron chi connectivity index (χ3n) is 3.58. The fourth-order valence-electron chi connectivity index (χ4n) is 2.22. The Balaban J connectivity index is 0.000000460. The molecule has 4 nitrogen and oxygen atoms in total. The zero-order chi connectivity index (χ0) is 20.3. The maximum absolute atomic E-state index is 8.61. The van der Waals surface area contributed by atoms with Crippen molar-refractivity contribution >= 4 is 11.8 Å². The Labute approximate surface area is 168 Å². The topological polar surface area (TPSA) is 58.9 Å². The Bertz CT molecular complexity index is 537. The molecule has 2 N–H and O–H groups in total. The summed E-state index contributed by atoms with van der Waals surface area (Å²) in [6, 6.07) is 20.2. The quantitative estimate of drug-likeness (QED) is 0.432. The molecule has 2 rings (SSSR count). The molecular formula is C22H34O4S. The molecule has 0 saturated heterocycles. The first-order valence-corrected chi connectivity index (χ1v) is 10.4. The van der Waals surface area contributed by atoms with Crippen LogP contribution in [0.4, 0.5) is 0 Å². The summed E-state index contributed by atoms with van der Waals surface area (Å²) in [7, 11) is 0. The lowest BCUT2D eigenvalue weighted by atomic mass is 10.1. The molecule has 152 valence electrons. The van der Waals surface area contributed by atoms with Crippen LogP contribution in [0.25, 0.3) is 0 Å². The third kappa shape index (κ3) is 11.8. The summed E-state index contributed by atoms with van der Waals surface area (Å²) in [5.41, 5.74) is 2.41. The van der Waals surface area contributed by atoms with Crippen LogP contribution in [0, 0.1) is 0 Å². The number of ether oxygens (including phenoxy) is 2. The van der Waals surface area contributed by atoms with Gasteiger partial charge in [-0.25, -0.2) is 0 Å². The highest BCUT2D eigenvalue weighted by Gasteiger charge is 2.07. The summed E-state index contributed by atoms with van der Waals surface area (Å²) >= 11 is 1.67. The lowest BCUT2D eigenvalue weighted by molar-refractivity contribution is -0.0528. The monoisotopic (exact) mass is 394 g/mol. The smallest absolute Gasteiger partial charge is 0.144 e. The van der Waals surface area contributed by atoms with Gasteiger partial charge in [0, 0.05) is 5.25 Å². The molecule has 0 spiro atoms. The van der Waals surface area contributed by atoms with E-state index >= 15 is 0 Å². The molecule has 0 bridgehead atoms. The second kappa shape index (κ2) is 18.0. The van der Waals surface area contributed by atoms with Crippen molar-refractivity contribution in [1.82, 2.24) is 0 Å². The molecule has 0 fully saturated rings. The first-order valence-electron chi connectivity index (χ1n) is 9.35. The summed E-state index contributed by atoms with van der Waals surface area (Å²) in [6.45, 7) is 7.75. The highest BCUT2D eigenvalue weighted by atomic mass is 32.2. The molecule has 0 radical (unpaired) electrons. The molecule has 2 unspecified atom stereocenters. The SMILES string of the molecule is CC.CC(SCOCO)c1ccccc1.CCC(OCO)c1ccccc1. The Kier molecular flexibility index (Phi) is 17.1. The predicted molar refractivity (Wildman–Crippen MR) is 114 cm³/mol. The molecule has 2 aromatic carbocycles. The van der Waals surface area contributed by atoms with Gasteiger partial charge in [-0.05, 0) is 24.5 Å². The van der Waals surface area contributed by atoms with E-state index < -0.39 is 0 Å². The second-order valence-electron chi connectivity index (χ2n) is 5.27. The van der Waals surface area contributed by atoms with Gasteiger partial charge in [-0.3, -0.25) is 0 Å². The number of hydrogen-bond donors (Lipinski definition) is 2. The third-order valence-corrected chi connectivity index (χ3v) is 4.65. The van der Waals surface area contributed by atoms with Gasteiger partial charge < -0.3 is 19.7 Å². The van der Waals surface area contributed by atoms with Gasteiger partial charge >= 0.3 is 0 Å². The van der Waals surface area contributed by atoms with E-state index in [4.69, 9.17) is 19.7 Å². The van der Waals surface area contributed by atoms with Crippen LogP contribution >= 0.6 is 11.8 Å². The summed E-state index contributed by atoms with van der Waals surface area (Å²) in [6.07, 6.45) is 0.904. The highest BCUT2D eigenvalue weighted by Crippen LogP contribution is 2.27. The van der Waals surface area contributed by atoms with Gasteiger partial charge in [-0.2, -0.15) is 0 Å². The average Bonchev–Trinajstić information content (AvgIpc) is 2.75. The standard InChI is InChI=1S/C10H14O2S.C10H14O2.C2H6/c1-9(13-8-12-7-11)10-5-3-2-4-6-10;1-2-10(12-8-11)9-6-4-3-5-7-9;1-2/h2-6,9,11H,7-8H2,1H3;3-7,10-11H,2,8H2,1H3;1-2H3. The fraction of sp³-hybridized carbons (Fsp3) is 0.455. The van der Waals surface area contributed by atoms with E-state index in [2.05, 4.69) is 19.1 Å². The van der Waals surface area contributed by atoms with Crippen molar-refractivity contribution in [2.45, 2.75) is 45.5 Å². The van der Waals surface area contributed by atoms with Crippen LogP contribution in [-0.4, -0.2) is 29.7 Å². The second-order valence-corrected chi connectivity index (χ2v) is 6.55. The molecule has 0 aliphatic heterocycles. The van der Waals surface area contributed by atoms with Crippen molar-refractivity contribution in [3.8, 4) is 0 Å². The van der Waals surface area contributed by atoms with Gasteiger partial charge in [-0.1, -0.05) is 81.4 Å². The van der Waals surface area contributed by atoms with Crippen LogP contribution in [0.3, 0.4) is 0 Å². The van der Waals surface area contributed by atoms with E-state index in [9.17, 15) is 0 Å². The molecule has 0 saturated carbocycles. The van der Waals surface area contributed by atoms with E-state index in [0.29, 0.717) is 11.2 Å². The van der Waals surface area contributed by atoms with Crippen LogP contribution in [0.1, 0.15) is 56.6 Å². The van der Waals surface area contributed by atoms with Crippen molar-refractivity contribution in [2.75, 3.05) is 19.5 Å². The largest absolute Gasteiger partial charge is 0.371 e. The summed E-state index contributed by atoms with van der Waals surface area (Å²) in [5.74, 6) is 0.534. The minimum Gasteiger partial charge on any atom is -0.371 e.